The van der Waals surface area contributed by atoms with Crippen LogP contribution in [0.15, 0.2) is 0 Å². The lowest BCUT2D eigenvalue weighted by Crippen LogP contribution is -2.49. The average Bonchev–Trinajstić information content (AvgIpc) is 2.37. The fourth-order valence-electron chi connectivity index (χ4n) is 2.18. The second-order valence-corrected chi connectivity index (χ2v) is 7.35. The molecule has 0 amide bonds. The topological polar surface area (TPSA) is 84.7 Å². The van der Waals surface area contributed by atoms with Gasteiger partial charge < -0.3 is 10.5 Å². The van der Waals surface area contributed by atoms with Crippen LogP contribution in [-0.2, 0) is 14.9 Å². The summed E-state index contributed by atoms with van der Waals surface area (Å²) in [6, 6.07) is 0. The first-order valence-electron chi connectivity index (χ1n) is 6.89. The van der Waals surface area contributed by atoms with Crippen LogP contribution in [0.4, 0.5) is 0 Å². The Kier molecular flexibility index (Phi) is 6.19. The second kappa shape index (κ2) is 6.99. The summed E-state index contributed by atoms with van der Waals surface area (Å²) >= 11 is 0. The predicted molar refractivity (Wildman–Crippen MR) is 76.0 cm³/mol. The van der Waals surface area contributed by atoms with Gasteiger partial charge in [-0.3, -0.25) is 0 Å². The highest BCUT2D eigenvalue weighted by atomic mass is 32.2. The van der Waals surface area contributed by atoms with Crippen molar-refractivity contribution in [2.24, 2.45) is 11.7 Å². The maximum Gasteiger partial charge on any atom is 0.279 e. The number of hydrogen-bond acceptors (Lipinski definition) is 4. The minimum absolute atomic E-state index is 0.278. The molecule has 0 aliphatic carbocycles. The molecule has 3 N–H and O–H groups in total. The average molecular weight is 293 g/mol. The predicted octanol–water partition coefficient (Wildman–Crippen LogP) is 0.307. The van der Waals surface area contributed by atoms with E-state index in [1.165, 1.54) is 4.31 Å². The van der Waals surface area contributed by atoms with Gasteiger partial charge in [0.15, 0.2) is 0 Å². The Hall–Kier alpha value is -0.210. The smallest absolute Gasteiger partial charge is 0.279 e. The largest absolute Gasteiger partial charge is 0.374 e. The van der Waals surface area contributed by atoms with Crippen LogP contribution in [0.1, 0.15) is 33.6 Å². The lowest BCUT2D eigenvalue weighted by molar-refractivity contribution is -0.00543. The van der Waals surface area contributed by atoms with E-state index in [0.717, 1.165) is 12.8 Å². The molecule has 19 heavy (non-hydrogen) atoms. The van der Waals surface area contributed by atoms with Gasteiger partial charge in [-0.1, -0.05) is 0 Å². The molecule has 0 aromatic carbocycles. The SMILES string of the molecule is CCOC(C)(C)CNS(=O)(=O)N1CCC(CN)CC1. The Morgan fingerprint density at radius 2 is 1.95 bits per heavy atom. The van der Waals surface area contributed by atoms with Crippen molar-refractivity contribution < 1.29 is 13.2 Å². The Morgan fingerprint density at radius 1 is 1.37 bits per heavy atom. The lowest BCUT2D eigenvalue weighted by Gasteiger charge is -2.32. The van der Waals surface area contributed by atoms with Crippen molar-refractivity contribution >= 4 is 10.2 Å². The summed E-state index contributed by atoms with van der Waals surface area (Å²) < 4.78 is 33.9. The minimum atomic E-state index is -3.40. The first kappa shape index (κ1) is 16.8. The van der Waals surface area contributed by atoms with Gasteiger partial charge in [-0.25, -0.2) is 0 Å². The van der Waals surface area contributed by atoms with Gasteiger partial charge in [-0.05, 0) is 46.1 Å². The molecule has 114 valence electrons. The van der Waals surface area contributed by atoms with Crippen molar-refractivity contribution in [3.63, 3.8) is 0 Å². The highest BCUT2D eigenvalue weighted by Gasteiger charge is 2.29. The quantitative estimate of drug-likeness (QED) is 0.707. The third-order valence-electron chi connectivity index (χ3n) is 3.46. The number of nitrogens with one attached hydrogen (secondary N) is 1. The number of ether oxygens (including phenoxy) is 1. The molecule has 0 spiro atoms. The number of piperidine rings is 1. The van der Waals surface area contributed by atoms with E-state index in [0.29, 0.717) is 32.2 Å². The van der Waals surface area contributed by atoms with Gasteiger partial charge >= 0.3 is 0 Å². The van der Waals surface area contributed by atoms with Crippen LogP contribution in [-0.4, -0.2) is 51.1 Å². The first-order chi connectivity index (χ1) is 8.80. The van der Waals surface area contributed by atoms with E-state index in [-0.39, 0.29) is 6.54 Å². The number of nitrogens with two attached hydrogens (primary N) is 1. The van der Waals surface area contributed by atoms with Crippen molar-refractivity contribution in [1.29, 1.82) is 0 Å². The number of nitrogens with zero attached hydrogens (tertiary/aromatic N) is 1. The van der Waals surface area contributed by atoms with Gasteiger partial charge in [-0.2, -0.15) is 17.4 Å². The minimum Gasteiger partial charge on any atom is -0.374 e. The molecule has 0 aromatic rings. The third kappa shape index (κ3) is 5.35. The Bertz CT molecular complexity index is 362. The summed E-state index contributed by atoms with van der Waals surface area (Å²) in [6.45, 7) is 8.22. The maximum atomic E-state index is 12.2. The normalized spacial score (nSPS) is 19.8. The molecule has 7 heteroatoms. The molecule has 6 nitrogen and oxygen atoms in total. The molecule has 0 radical (unpaired) electrons. The molecule has 0 aromatic heterocycles. The zero-order chi connectivity index (χ0) is 14.5. The molecule has 0 atom stereocenters. The van der Waals surface area contributed by atoms with Crippen LogP contribution in [0.2, 0.25) is 0 Å². The third-order valence-corrected chi connectivity index (χ3v) is 5.02. The highest BCUT2D eigenvalue weighted by Crippen LogP contribution is 2.18. The molecule has 1 aliphatic rings. The molecule has 1 aliphatic heterocycles. The molecule has 1 rings (SSSR count). The van der Waals surface area contributed by atoms with Gasteiger partial charge in [0.25, 0.3) is 10.2 Å². The Balaban J connectivity index is 2.48. The fraction of sp³-hybridized carbons (Fsp3) is 1.00. The molecular formula is C12H27N3O3S. The molecule has 0 saturated carbocycles. The van der Waals surface area contributed by atoms with Gasteiger partial charge in [0.05, 0.1) is 5.60 Å². The molecule has 1 fully saturated rings. The van der Waals surface area contributed by atoms with Gasteiger partial charge in [0.1, 0.15) is 0 Å². The van der Waals surface area contributed by atoms with Crippen molar-refractivity contribution in [3.8, 4) is 0 Å². The molecule has 0 bridgehead atoms. The summed E-state index contributed by atoms with van der Waals surface area (Å²) in [6.07, 6.45) is 1.68. The zero-order valence-corrected chi connectivity index (χ0v) is 13.0. The molecule has 0 unspecified atom stereocenters. The maximum absolute atomic E-state index is 12.2. The van der Waals surface area contributed by atoms with Crippen molar-refractivity contribution in [2.45, 2.75) is 39.2 Å². The van der Waals surface area contributed by atoms with Gasteiger partial charge in [-0.15, -0.1) is 0 Å². The Morgan fingerprint density at radius 3 is 2.42 bits per heavy atom. The number of rotatable bonds is 7. The molecular weight excluding hydrogens is 266 g/mol. The monoisotopic (exact) mass is 293 g/mol. The highest BCUT2D eigenvalue weighted by molar-refractivity contribution is 7.87. The fourth-order valence-corrected chi connectivity index (χ4v) is 3.59. The summed E-state index contributed by atoms with van der Waals surface area (Å²) in [5.41, 5.74) is 5.12. The lowest BCUT2D eigenvalue weighted by atomic mass is 9.99. The van der Waals surface area contributed by atoms with Crippen molar-refractivity contribution in [2.75, 3.05) is 32.8 Å². The standard InChI is InChI=1S/C12H27N3O3S/c1-4-18-12(2,3)10-14-19(16,17)15-7-5-11(9-13)6-8-15/h11,14H,4-10,13H2,1-3H3. The van der Waals surface area contributed by atoms with Crippen LogP contribution < -0.4 is 10.5 Å². The van der Waals surface area contributed by atoms with Crippen molar-refractivity contribution in [3.05, 3.63) is 0 Å². The van der Waals surface area contributed by atoms with Crippen LogP contribution in [0.3, 0.4) is 0 Å². The van der Waals surface area contributed by atoms with E-state index in [4.69, 9.17) is 10.5 Å². The van der Waals surface area contributed by atoms with Crippen LogP contribution in [0.25, 0.3) is 0 Å². The van der Waals surface area contributed by atoms with Crippen LogP contribution >= 0.6 is 0 Å². The summed E-state index contributed by atoms with van der Waals surface area (Å²) in [5.74, 6) is 0.450. The van der Waals surface area contributed by atoms with E-state index >= 15 is 0 Å². The number of hydrogen-bond donors (Lipinski definition) is 2. The van der Waals surface area contributed by atoms with E-state index < -0.39 is 15.8 Å². The van der Waals surface area contributed by atoms with Crippen LogP contribution in [0.5, 0.6) is 0 Å². The van der Waals surface area contributed by atoms with Gasteiger partial charge in [0.2, 0.25) is 0 Å². The van der Waals surface area contributed by atoms with E-state index in [2.05, 4.69) is 4.72 Å². The van der Waals surface area contributed by atoms with Crippen LogP contribution in [0, 0.1) is 5.92 Å². The molecule has 1 heterocycles. The second-order valence-electron chi connectivity index (χ2n) is 5.60. The summed E-state index contributed by atoms with van der Waals surface area (Å²) in [4.78, 5) is 0. The first-order valence-corrected chi connectivity index (χ1v) is 8.33. The Labute approximate surface area is 116 Å². The molecule has 1 saturated heterocycles. The van der Waals surface area contributed by atoms with E-state index in [9.17, 15) is 8.42 Å². The van der Waals surface area contributed by atoms with Crippen molar-refractivity contribution in [1.82, 2.24) is 9.03 Å². The summed E-state index contributed by atoms with van der Waals surface area (Å²) in [5, 5.41) is 0. The van der Waals surface area contributed by atoms with E-state index in [1.54, 1.807) is 0 Å². The van der Waals surface area contributed by atoms with Gasteiger partial charge in [0, 0.05) is 26.2 Å². The summed E-state index contributed by atoms with van der Waals surface area (Å²) in [7, 11) is -3.40. The zero-order valence-electron chi connectivity index (χ0n) is 12.2. The van der Waals surface area contributed by atoms with E-state index in [1.807, 2.05) is 20.8 Å².